The third-order valence-corrected chi connectivity index (χ3v) is 7.29. The molecule has 3 nitrogen and oxygen atoms in total. The lowest BCUT2D eigenvalue weighted by molar-refractivity contribution is 0.00496. The third-order valence-electron chi connectivity index (χ3n) is 5.18. The van der Waals surface area contributed by atoms with Crippen LogP contribution in [0.3, 0.4) is 0 Å². The quantitative estimate of drug-likeness (QED) is 0.730. The summed E-state index contributed by atoms with van der Waals surface area (Å²) in [5.74, 6) is 0.816. The molecule has 1 saturated heterocycles. The molecule has 0 bridgehead atoms. The van der Waals surface area contributed by atoms with Crippen LogP contribution in [0.15, 0.2) is 0 Å². The molecule has 1 aliphatic heterocycles. The van der Waals surface area contributed by atoms with Crippen molar-refractivity contribution in [2.24, 2.45) is 11.8 Å². The Kier molecular flexibility index (Phi) is 6.24. The predicted molar refractivity (Wildman–Crippen MR) is 89.5 cm³/mol. The smallest absolute Gasteiger partial charge is 0.0666 e. The maximum Gasteiger partial charge on any atom is 0.0666 e. The van der Waals surface area contributed by atoms with Gasteiger partial charge in [0.05, 0.1) is 20.8 Å². The van der Waals surface area contributed by atoms with Gasteiger partial charge in [-0.3, -0.25) is 9.80 Å². The van der Waals surface area contributed by atoms with Crippen molar-refractivity contribution in [1.82, 2.24) is 9.80 Å². The van der Waals surface area contributed by atoms with Crippen molar-refractivity contribution >= 4 is 8.80 Å². The minimum Gasteiger partial charge on any atom is -0.300 e. The van der Waals surface area contributed by atoms with Gasteiger partial charge in [-0.2, -0.15) is 5.26 Å². The van der Waals surface area contributed by atoms with E-state index < -0.39 is 8.80 Å². The molecule has 0 aromatic rings. The largest absolute Gasteiger partial charge is 0.300 e. The number of piperazine rings is 1. The van der Waals surface area contributed by atoms with Crippen LogP contribution in [0.25, 0.3) is 0 Å². The van der Waals surface area contributed by atoms with Gasteiger partial charge in [-0.25, -0.2) is 0 Å². The van der Waals surface area contributed by atoms with Crippen molar-refractivity contribution < 1.29 is 0 Å². The molecule has 116 valence electrons. The number of nitriles is 1. The highest BCUT2D eigenvalue weighted by molar-refractivity contribution is 6.57. The van der Waals surface area contributed by atoms with E-state index in [0.29, 0.717) is 5.92 Å². The van der Waals surface area contributed by atoms with Crippen molar-refractivity contribution in [2.75, 3.05) is 26.2 Å². The minimum atomic E-state index is -0.742. The number of hydrogen-bond donors (Lipinski definition) is 0. The predicted octanol–water partition coefficient (Wildman–Crippen LogP) is 2.59. The Morgan fingerprint density at radius 1 is 1.25 bits per heavy atom. The molecule has 0 spiro atoms. The maximum atomic E-state index is 9.02. The highest BCUT2D eigenvalue weighted by Gasteiger charge is 2.39. The second-order valence-electron chi connectivity index (χ2n) is 7.60. The van der Waals surface area contributed by atoms with Gasteiger partial charge in [0, 0.05) is 37.4 Å². The van der Waals surface area contributed by atoms with Crippen LogP contribution in [0.4, 0.5) is 0 Å². The van der Waals surface area contributed by atoms with Crippen molar-refractivity contribution in [2.45, 2.75) is 58.9 Å². The molecule has 0 aromatic carbocycles. The van der Waals surface area contributed by atoms with Crippen molar-refractivity contribution in [1.29, 1.82) is 5.26 Å². The summed E-state index contributed by atoms with van der Waals surface area (Å²) >= 11 is 0. The van der Waals surface area contributed by atoms with E-state index in [-0.39, 0.29) is 11.5 Å². The van der Waals surface area contributed by atoms with Crippen LogP contribution >= 0.6 is 0 Å². The lowest BCUT2D eigenvalue weighted by Gasteiger charge is -2.52. The van der Waals surface area contributed by atoms with E-state index in [4.69, 9.17) is 5.26 Å². The molecule has 4 heteroatoms. The summed E-state index contributed by atoms with van der Waals surface area (Å²) in [4.78, 5) is 5.28. The SMILES string of the molecule is CC(C#N)CN1CCN(C(C)(C)C(C)C)C([SiH](C)C)C1. The summed E-state index contributed by atoms with van der Waals surface area (Å²) < 4.78 is 0. The lowest BCUT2D eigenvalue weighted by Crippen LogP contribution is -2.65. The van der Waals surface area contributed by atoms with Gasteiger partial charge in [0.25, 0.3) is 0 Å². The van der Waals surface area contributed by atoms with E-state index in [2.05, 4.69) is 56.7 Å². The third kappa shape index (κ3) is 4.06. The van der Waals surface area contributed by atoms with Gasteiger partial charge < -0.3 is 0 Å². The number of hydrogen-bond acceptors (Lipinski definition) is 3. The Labute approximate surface area is 127 Å². The van der Waals surface area contributed by atoms with Crippen LogP contribution in [-0.4, -0.2) is 56.0 Å². The molecular weight excluding hydrogens is 262 g/mol. The molecule has 0 aliphatic carbocycles. The summed E-state index contributed by atoms with van der Waals surface area (Å²) in [6, 6.07) is 2.37. The first-order chi connectivity index (χ1) is 9.20. The standard InChI is InChI=1S/C16H33N3Si/c1-13(2)16(4,5)19-9-8-18(11-14(3)10-17)12-15(19)20(6)7/h13-15,20H,8-9,11-12H2,1-7H3. The van der Waals surface area contributed by atoms with E-state index in [1.807, 2.05) is 6.92 Å². The number of nitrogens with zero attached hydrogens (tertiary/aromatic N) is 3. The van der Waals surface area contributed by atoms with Crippen molar-refractivity contribution in [3.8, 4) is 6.07 Å². The zero-order valence-electron chi connectivity index (χ0n) is 14.5. The second kappa shape index (κ2) is 7.06. The van der Waals surface area contributed by atoms with E-state index in [9.17, 15) is 0 Å². The van der Waals surface area contributed by atoms with Gasteiger partial charge in [-0.05, 0) is 26.7 Å². The summed E-state index contributed by atoms with van der Waals surface area (Å²) in [7, 11) is -0.742. The van der Waals surface area contributed by atoms with Gasteiger partial charge in [0.15, 0.2) is 0 Å². The molecule has 1 aliphatic rings. The molecule has 0 N–H and O–H groups in total. The Balaban J connectivity index is 2.80. The van der Waals surface area contributed by atoms with Crippen molar-refractivity contribution in [3.05, 3.63) is 0 Å². The molecule has 0 aromatic heterocycles. The van der Waals surface area contributed by atoms with E-state index in [1.165, 1.54) is 0 Å². The topological polar surface area (TPSA) is 30.3 Å². The van der Waals surface area contributed by atoms with Gasteiger partial charge >= 0.3 is 0 Å². The van der Waals surface area contributed by atoms with Crippen molar-refractivity contribution in [3.63, 3.8) is 0 Å². The van der Waals surface area contributed by atoms with Gasteiger partial charge in [0.1, 0.15) is 0 Å². The molecule has 1 heterocycles. The second-order valence-corrected chi connectivity index (χ2v) is 10.9. The first kappa shape index (κ1) is 17.7. The minimum absolute atomic E-state index is 0.147. The average molecular weight is 296 g/mol. The van der Waals surface area contributed by atoms with E-state index in [1.54, 1.807) is 0 Å². The monoisotopic (exact) mass is 295 g/mol. The maximum absolute atomic E-state index is 9.02. The normalized spacial score (nSPS) is 24.1. The molecular formula is C16H33N3Si. The molecule has 1 rings (SSSR count). The fourth-order valence-electron chi connectivity index (χ4n) is 3.08. The Morgan fingerprint density at radius 3 is 2.30 bits per heavy atom. The highest BCUT2D eigenvalue weighted by atomic mass is 28.3. The summed E-state index contributed by atoms with van der Waals surface area (Å²) in [6.07, 6.45) is 0. The van der Waals surface area contributed by atoms with Crippen LogP contribution in [0.2, 0.25) is 13.1 Å². The Morgan fingerprint density at radius 2 is 1.85 bits per heavy atom. The van der Waals surface area contributed by atoms with E-state index >= 15 is 0 Å². The molecule has 20 heavy (non-hydrogen) atoms. The van der Waals surface area contributed by atoms with Crippen LogP contribution in [-0.2, 0) is 0 Å². The molecule has 1 fully saturated rings. The summed E-state index contributed by atoms with van der Waals surface area (Å²) in [5, 5.41) is 9.02. The van der Waals surface area contributed by atoms with Crippen LogP contribution in [0.1, 0.15) is 34.6 Å². The van der Waals surface area contributed by atoms with Gasteiger partial charge in [-0.15, -0.1) is 0 Å². The Bertz CT molecular complexity index is 346. The molecule has 0 saturated carbocycles. The molecule has 0 radical (unpaired) electrons. The lowest BCUT2D eigenvalue weighted by atomic mass is 9.88. The van der Waals surface area contributed by atoms with Crippen LogP contribution < -0.4 is 0 Å². The first-order valence-corrected chi connectivity index (χ1v) is 11.1. The van der Waals surface area contributed by atoms with Crippen LogP contribution in [0.5, 0.6) is 0 Å². The van der Waals surface area contributed by atoms with Crippen LogP contribution in [0, 0.1) is 23.2 Å². The van der Waals surface area contributed by atoms with Gasteiger partial charge in [0.2, 0.25) is 0 Å². The molecule has 2 unspecified atom stereocenters. The molecule has 0 amide bonds. The first-order valence-electron chi connectivity index (χ1n) is 8.08. The summed E-state index contributed by atoms with van der Waals surface area (Å²) in [5.41, 5.74) is 1.00. The van der Waals surface area contributed by atoms with Gasteiger partial charge in [-0.1, -0.05) is 26.9 Å². The zero-order valence-corrected chi connectivity index (χ0v) is 15.6. The Hall–Kier alpha value is -0.373. The van der Waals surface area contributed by atoms with E-state index in [0.717, 1.165) is 31.8 Å². The fourth-order valence-corrected chi connectivity index (χ4v) is 5.05. The summed E-state index contributed by atoms with van der Waals surface area (Å²) in [6.45, 7) is 20.8. The average Bonchev–Trinajstić information content (AvgIpc) is 2.37. The fraction of sp³-hybridized carbons (Fsp3) is 0.938. The highest BCUT2D eigenvalue weighted by Crippen LogP contribution is 2.29. The number of rotatable bonds is 5. The zero-order chi connectivity index (χ0) is 15.5. The molecule has 2 atom stereocenters.